The SMILES string of the molecule is O=C(c1csc(=O)[nH]1)N1CC2CC3CC2C1C3O. The number of H-pyrrole nitrogens is 1. The summed E-state index contributed by atoms with van der Waals surface area (Å²) in [5.41, 5.74) is 0.363. The number of nitrogens with one attached hydrogen (secondary N) is 1. The predicted molar refractivity (Wildman–Crippen MR) is 65.5 cm³/mol. The second-order valence-corrected chi connectivity index (χ2v) is 6.50. The quantitative estimate of drug-likeness (QED) is 0.766. The normalized spacial score (nSPS) is 40.7. The Kier molecular flexibility index (Phi) is 2.06. The third-order valence-corrected chi connectivity index (χ3v) is 5.53. The number of amides is 1. The maximum absolute atomic E-state index is 12.4. The minimum Gasteiger partial charge on any atom is -0.391 e. The van der Waals surface area contributed by atoms with Gasteiger partial charge in [-0.15, -0.1) is 0 Å². The number of aliphatic hydroxyl groups excluding tert-OH is 1. The smallest absolute Gasteiger partial charge is 0.305 e. The molecule has 3 aliphatic rings. The van der Waals surface area contributed by atoms with E-state index in [9.17, 15) is 14.7 Å². The number of aromatic amines is 1. The van der Waals surface area contributed by atoms with E-state index in [-0.39, 0.29) is 22.9 Å². The summed E-state index contributed by atoms with van der Waals surface area (Å²) in [6.07, 6.45) is 1.73. The number of rotatable bonds is 1. The van der Waals surface area contributed by atoms with E-state index in [4.69, 9.17) is 0 Å². The Bertz CT molecular complexity index is 564. The van der Waals surface area contributed by atoms with Gasteiger partial charge in [-0.1, -0.05) is 11.3 Å². The van der Waals surface area contributed by atoms with Gasteiger partial charge in [-0.3, -0.25) is 9.59 Å². The lowest BCUT2D eigenvalue weighted by atomic mass is 9.88. The fourth-order valence-corrected chi connectivity index (χ4v) is 4.74. The highest BCUT2D eigenvalue weighted by molar-refractivity contribution is 7.07. The lowest BCUT2D eigenvalue weighted by Crippen LogP contribution is -2.44. The van der Waals surface area contributed by atoms with Crippen LogP contribution < -0.4 is 4.87 Å². The zero-order valence-electron chi connectivity index (χ0n) is 9.70. The summed E-state index contributed by atoms with van der Waals surface area (Å²) in [6.45, 7) is 0.736. The average molecular weight is 266 g/mol. The van der Waals surface area contributed by atoms with Crippen LogP contribution in [0.5, 0.6) is 0 Å². The highest BCUT2D eigenvalue weighted by Gasteiger charge is 2.60. The number of carbonyl (C=O) groups excluding carboxylic acids is 1. The number of hydrogen-bond donors (Lipinski definition) is 2. The van der Waals surface area contributed by atoms with Gasteiger partial charge in [0.2, 0.25) is 0 Å². The van der Waals surface area contributed by atoms with Gasteiger partial charge in [-0.05, 0) is 30.6 Å². The van der Waals surface area contributed by atoms with Gasteiger partial charge < -0.3 is 15.0 Å². The molecule has 1 aliphatic heterocycles. The monoisotopic (exact) mass is 266 g/mol. The summed E-state index contributed by atoms with van der Waals surface area (Å²) in [7, 11) is 0. The first-order chi connectivity index (χ1) is 8.65. The Morgan fingerprint density at radius 2 is 2.28 bits per heavy atom. The largest absolute Gasteiger partial charge is 0.391 e. The van der Waals surface area contributed by atoms with E-state index in [1.54, 1.807) is 10.3 Å². The Morgan fingerprint density at radius 1 is 1.44 bits per heavy atom. The number of thiazole rings is 1. The van der Waals surface area contributed by atoms with Crippen molar-refractivity contribution < 1.29 is 9.90 Å². The van der Waals surface area contributed by atoms with Crippen molar-refractivity contribution >= 4 is 17.2 Å². The molecular weight excluding hydrogens is 252 g/mol. The van der Waals surface area contributed by atoms with Gasteiger partial charge in [0.15, 0.2) is 0 Å². The molecule has 0 spiro atoms. The summed E-state index contributed by atoms with van der Waals surface area (Å²) >= 11 is 1.01. The van der Waals surface area contributed by atoms with Crippen LogP contribution in [0.4, 0.5) is 0 Å². The highest BCUT2D eigenvalue weighted by atomic mass is 32.1. The van der Waals surface area contributed by atoms with Gasteiger partial charge in [0.05, 0.1) is 12.1 Å². The van der Waals surface area contributed by atoms with E-state index in [0.717, 1.165) is 30.7 Å². The summed E-state index contributed by atoms with van der Waals surface area (Å²) in [4.78, 5) is 27.6. The molecule has 0 radical (unpaired) electrons. The minimum absolute atomic E-state index is 0.0235. The number of fused-ring (bicyclic) bond motifs is 1. The van der Waals surface area contributed by atoms with Crippen molar-refractivity contribution in [3.63, 3.8) is 0 Å². The molecule has 2 N–H and O–H groups in total. The average Bonchev–Trinajstić information content (AvgIpc) is 3.01. The molecule has 1 saturated heterocycles. The van der Waals surface area contributed by atoms with Gasteiger partial charge >= 0.3 is 4.87 Å². The number of carbonyl (C=O) groups is 1. The Morgan fingerprint density at radius 3 is 2.94 bits per heavy atom. The molecule has 0 aromatic carbocycles. The topological polar surface area (TPSA) is 73.4 Å². The first-order valence-electron chi connectivity index (χ1n) is 6.32. The molecule has 2 aliphatic carbocycles. The van der Waals surface area contributed by atoms with E-state index in [2.05, 4.69) is 4.98 Å². The number of aliphatic hydroxyl groups is 1. The lowest BCUT2D eigenvalue weighted by Gasteiger charge is -2.28. The van der Waals surface area contributed by atoms with Crippen molar-refractivity contribution in [2.24, 2.45) is 17.8 Å². The van der Waals surface area contributed by atoms with E-state index in [0.29, 0.717) is 23.4 Å². The maximum atomic E-state index is 12.4. The number of hydrogen-bond acceptors (Lipinski definition) is 4. The Hall–Kier alpha value is -1.14. The summed E-state index contributed by atoms with van der Waals surface area (Å²) in [5, 5.41) is 11.8. The van der Waals surface area contributed by atoms with Gasteiger partial charge in [0.1, 0.15) is 5.69 Å². The van der Waals surface area contributed by atoms with Crippen molar-refractivity contribution in [2.45, 2.75) is 25.0 Å². The Labute approximate surface area is 107 Å². The van der Waals surface area contributed by atoms with Crippen molar-refractivity contribution in [1.29, 1.82) is 0 Å². The van der Waals surface area contributed by atoms with Crippen LogP contribution in [-0.2, 0) is 0 Å². The molecule has 1 amide bonds. The van der Waals surface area contributed by atoms with Crippen LogP contribution in [0.3, 0.4) is 0 Å². The van der Waals surface area contributed by atoms with Crippen molar-refractivity contribution in [3.8, 4) is 0 Å². The minimum atomic E-state index is -0.372. The molecule has 5 atom stereocenters. The second kappa shape index (κ2) is 3.45. The third-order valence-electron chi connectivity index (χ3n) is 4.86. The van der Waals surface area contributed by atoms with E-state index in [1.165, 1.54) is 0 Å². The number of aromatic nitrogens is 1. The van der Waals surface area contributed by atoms with Crippen LogP contribution in [0.25, 0.3) is 0 Å². The Balaban J connectivity index is 1.67. The van der Waals surface area contributed by atoms with Crippen LogP contribution in [0.1, 0.15) is 23.3 Å². The zero-order valence-corrected chi connectivity index (χ0v) is 10.5. The summed E-state index contributed by atoms with van der Waals surface area (Å²) in [6, 6.07) is -0.0235. The number of nitrogens with zero attached hydrogens (tertiary/aromatic N) is 1. The van der Waals surface area contributed by atoms with Gasteiger partial charge in [0.25, 0.3) is 5.91 Å². The van der Waals surface area contributed by atoms with Crippen molar-refractivity contribution in [1.82, 2.24) is 9.88 Å². The molecule has 2 heterocycles. The van der Waals surface area contributed by atoms with Crippen LogP contribution in [0.15, 0.2) is 10.2 Å². The molecule has 5 nitrogen and oxygen atoms in total. The zero-order chi connectivity index (χ0) is 12.4. The van der Waals surface area contributed by atoms with Crippen molar-refractivity contribution in [3.05, 3.63) is 20.7 Å². The predicted octanol–water partition coefficient (Wildman–Crippen LogP) is 0.278. The second-order valence-electron chi connectivity index (χ2n) is 5.66. The molecule has 1 aromatic heterocycles. The number of likely N-dealkylation sites (tertiary alicyclic amines) is 1. The highest BCUT2D eigenvalue weighted by Crippen LogP contribution is 2.55. The van der Waals surface area contributed by atoms with Gasteiger partial charge in [-0.2, -0.15) is 0 Å². The molecule has 4 rings (SSSR count). The van der Waals surface area contributed by atoms with Crippen molar-refractivity contribution in [2.75, 3.05) is 6.54 Å². The first-order valence-corrected chi connectivity index (χ1v) is 7.20. The van der Waals surface area contributed by atoms with E-state index >= 15 is 0 Å². The van der Waals surface area contributed by atoms with Crippen LogP contribution in [-0.4, -0.2) is 39.6 Å². The molecule has 3 fully saturated rings. The van der Waals surface area contributed by atoms with Crippen LogP contribution >= 0.6 is 11.3 Å². The molecule has 6 heteroatoms. The van der Waals surface area contributed by atoms with Crippen LogP contribution in [0, 0.1) is 17.8 Å². The molecule has 1 aromatic rings. The lowest BCUT2D eigenvalue weighted by molar-refractivity contribution is 0.0398. The molecule has 96 valence electrons. The molecule has 5 unspecified atom stereocenters. The fourth-order valence-electron chi connectivity index (χ4n) is 4.19. The van der Waals surface area contributed by atoms with Gasteiger partial charge in [0, 0.05) is 11.9 Å². The first kappa shape index (κ1) is 10.8. The standard InChI is InChI=1S/C12H14N2O3S/c15-10-5-1-6-3-14(9(10)7(6)2-5)11(16)8-4-18-12(17)13-8/h4-7,9-10,15H,1-3H2,(H,13,17). The molecule has 2 bridgehead atoms. The van der Waals surface area contributed by atoms with Gasteiger partial charge in [-0.25, -0.2) is 0 Å². The third kappa shape index (κ3) is 1.25. The summed E-state index contributed by atoms with van der Waals surface area (Å²) in [5.74, 6) is 1.27. The maximum Gasteiger partial charge on any atom is 0.305 e. The van der Waals surface area contributed by atoms with E-state index in [1.807, 2.05) is 0 Å². The van der Waals surface area contributed by atoms with E-state index < -0.39 is 0 Å². The van der Waals surface area contributed by atoms with Crippen LogP contribution in [0.2, 0.25) is 0 Å². The molecule has 2 saturated carbocycles. The molecule has 18 heavy (non-hydrogen) atoms. The molecular formula is C12H14N2O3S. The fraction of sp³-hybridized carbons (Fsp3) is 0.667. The summed E-state index contributed by atoms with van der Waals surface area (Å²) < 4.78 is 0.